The summed E-state index contributed by atoms with van der Waals surface area (Å²) in [5.41, 5.74) is 2.50. The van der Waals surface area contributed by atoms with Gasteiger partial charge in [-0.05, 0) is 48.9 Å². The van der Waals surface area contributed by atoms with Crippen LogP contribution in [0.3, 0.4) is 0 Å². The van der Waals surface area contributed by atoms with E-state index in [0.717, 1.165) is 5.69 Å². The van der Waals surface area contributed by atoms with Gasteiger partial charge in [-0.2, -0.15) is 0 Å². The average Bonchev–Trinajstić information content (AvgIpc) is 2.97. The van der Waals surface area contributed by atoms with Gasteiger partial charge in [0.05, 0.1) is 29.4 Å². The van der Waals surface area contributed by atoms with Gasteiger partial charge >= 0.3 is 0 Å². The minimum absolute atomic E-state index is 0.0796. The fourth-order valence-corrected chi connectivity index (χ4v) is 3.92. The number of imide groups is 1. The van der Waals surface area contributed by atoms with Crippen molar-refractivity contribution in [2.24, 2.45) is 0 Å². The largest absolute Gasteiger partial charge is 0.494 e. The van der Waals surface area contributed by atoms with Crippen molar-refractivity contribution in [1.29, 1.82) is 0 Å². The molecule has 7 heteroatoms. The van der Waals surface area contributed by atoms with Crippen molar-refractivity contribution in [1.82, 2.24) is 0 Å². The van der Waals surface area contributed by atoms with Gasteiger partial charge < -0.3 is 14.7 Å². The van der Waals surface area contributed by atoms with Crippen LogP contribution in [0, 0.1) is 0 Å². The van der Waals surface area contributed by atoms with Gasteiger partial charge in [0.15, 0.2) is 0 Å². The highest BCUT2D eigenvalue weighted by atomic mass is 32.2. The summed E-state index contributed by atoms with van der Waals surface area (Å²) >= 11 is 1.20. The van der Waals surface area contributed by atoms with Crippen LogP contribution in [0.2, 0.25) is 0 Å². The lowest BCUT2D eigenvalue weighted by Gasteiger charge is -2.18. The Kier molecular flexibility index (Phi) is 6.61. The molecule has 0 fully saturated rings. The third-order valence-electron chi connectivity index (χ3n) is 4.46. The van der Waals surface area contributed by atoms with Crippen LogP contribution in [0.1, 0.15) is 12.5 Å². The zero-order valence-electron chi connectivity index (χ0n) is 16.7. The van der Waals surface area contributed by atoms with Gasteiger partial charge in [-0.1, -0.05) is 12.1 Å². The normalized spacial score (nSPS) is 14.0. The third kappa shape index (κ3) is 4.31. The topological polar surface area (TPSA) is 70.1 Å². The second-order valence-corrected chi connectivity index (χ2v) is 7.70. The van der Waals surface area contributed by atoms with Crippen LogP contribution >= 0.6 is 11.8 Å². The second kappa shape index (κ2) is 9.15. The van der Waals surface area contributed by atoms with Crippen molar-refractivity contribution >= 4 is 40.5 Å². The molecule has 3 rings (SSSR count). The molecule has 2 aromatic rings. The number of anilines is 2. The number of hydrogen-bond acceptors (Lipinski definition) is 6. The Labute approximate surface area is 174 Å². The Bertz CT molecular complexity index is 921. The number of thioether (sulfide) groups is 1. The van der Waals surface area contributed by atoms with Crippen LogP contribution in [0.5, 0.6) is 5.75 Å². The summed E-state index contributed by atoms with van der Waals surface area (Å²) in [6.07, 6.45) is 0. The van der Waals surface area contributed by atoms with Crippen LogP contribution in [0.25, 0.3) is 5.57 Å². The van der Waals surface area contributed by atoms with Crippen molar-refractivity contribution in [3.63, 3.8) is 0 Å². The van der Waals surface area contributed by atoms with E-state index >= 15 is 0 Å². The molecule has 1 aliphatic heterocycles. The molecule has 2 amide bonds. The number of carbonyl (C=O) groups excluding carboxylic acids is 2. The number of nitrogens with zero attached hydrogens (tertiary/aromatic N) is 2. The Balaban J connectivity index is 1.98. The fraction of sp³-hybridized carbons (Fsp3) is 0.273. The van der Waals surface area contributed by atoms with Gasteiger partial charge in [0.25, 0.3) is 11.8 Å². The highest BCUT2D eigenvalue weighted by Crippen LogP contribution is 2.39. The first-order chi connectivity index (χ1) is 14.0. The van der Waals surface area contributed by atoms with E-state index in [2.05, 4.69) is 0 Å². The lowest BCUT2D eigenvalue weighted by molar-refractivity contribution is -0.119. The molecule has 0 saturated heterocycles. The standard InChI is InChI=1S/C22H24N2O4S/c1-4-28-18-11-5-15(6-12-18)19-20(29-14-13-25)22(27)24(21(19)26)17-9-7-16(8-10-17)23(2)3/h5-12,25H,4,13-14H2,1-3H3. The summed E-state index contributed by atoms with van der Waals surface area (Å²) in [5.74, 6) is 0.309. The molecule has 0 spiro atoms. The van der Waals surface area contributed by atoms with Crippen molar-refractivity contribution in [2.45, 2.75) is 6.92 Å². The van der Waals surface area contributed by atoms with E-state index in [-0.39, 0.29) is 18.4 Å². The number of ether oxygens (including phenoxy) is 1. The smallest absolute Gasteiger partial charge is 0.272 e. The molecule has 0 unspecified atom stereocenters. The molecule has 6 nitrogen and oxygen atoms in total. The highest BCUT2D eigenvalue weighted by Gasteiger charge is 2.40. The molecule has 0 radical (unpaired) electrons. The maximum Gasteiger partial charge on any atom is 0.272 e. The van der Waals surface area contributed by atoms with Gasteiger partial charge in [0, 0.05) is 25.5 Å². The van der Waals surface area contributed by atoms with Crippen LogP contribution in [-0.2, 0) is 9.59 Å². The number of carbonyl (C=O) groups is 2. The number of aliphatic hydroxyl groups is 1. The fourth-order valence-electron chi connectivity index (χ4n) is 3.06. The minimum Gasteiger partial charge on any atom is -0.494 e. The maximum atomic E-state index is 13.2. The minimum atomic E-state index is -0.366. The molecule has 0 atom stereocenters. The van der Waals surface area contributed by atoms with Crippen molar-refractivity contribution < 1.29 is 19.4 Å². The summed E-state index contributed by atoms with van der Waals surface area (Å²) < 4.78 is 5.46. The Morgan fingerprint density at radius 2 is 1.66 bits per heavy atom. The van der Waals surface area contributed by atoms with Gasteiger partial charge in [-0.25, -0.2) is 4.90 Å². The van der Waals surface area contributed by atoms with E-state index in [1.165, 1.54) is 16.7 Å². The lowest BCUT2D eigenvalue weighted by atomic mass is 10.1. The Morgan fingerprint density at radius 1 is 1.00 bits per heavy atom. The van der Waals surface area contributed by atoms with E-state index in [4.69, 9.17) is 4.74 Å². The quantitative estimate of drug-likeness (QED) is 0.672. The molecule has 1 N–H and O–H groups in total. The zero-order chi connectivity index (χ0) is 21.0. The summed E-state index contributed by atoms with van der Waals surface area (Å²) in [4.78, 5) is 29.9. The molecule has 0 saturated carbocycles. The first-order valence-corrected chi connectivity index (χ1v) is 10.3. The first kappa shape index (κ1) is 21.0. The van der Waals surface area contributed by atoms with Crippen LogP contribution in [0.15, 0.2) is 53.4 Å². The Hall–Kier alpha value is -2.77. The van der Waals surface area contributed by atoms with E-state index in [1.807, 2.05) is 38.1 Å². The van der Waals surface area contributed by atoms with Crippen LogP contribution in [0.4, 0.5) is 11.4 Å². The number of hydrogen-bond donors (Lipinski definition) is 1. The number of benzene rings is 2. The summed E-state index contributed by atoms with van der Waals surface area (Å²) in [5, 5.41) is 9.22. The van der Waals surface area contributed by atoms with Crippen molar-refractivity contribution in [2.75, 3.05) is 42.9 Å². The van der Waals surface area contributed by atoms with E-state index in [9.17, 15) is 14.7 Å². The highest BCUT2D eigenvalue weighted by molar-refractivity contribution is 8.04. The van der Waals surface area contributed by atoms with E-state index < -0.39 is 0 Å². The van der Waals surface area contributed by atoms with Gasteiger partial charge in [0.1, 0.15) is 5.75 Å². The number of rotatable bonds is 8. The number of amides is 2. The van der Waals surface area contributed by atoms with E-state index in [0.29, 0.717) is 39.8 Å². The SMILES string of the molecule is CCOc1ccc(C2=C(SCCO)C(=O)N(c3ccc(N(C)C)cc3)C2=O)cc1. The molecular formula is C22H24N2O4S. The monoisotopic (exact) mass is 412 g/mol. The summed E-state index contributed by atoms with van der Waals surface area (Å²) in [6.45, 7) is 2.37. The number of aliphatic hydroxyl groups excluding tert-OH is 1. The lowest BCUT2D eigenvalue weighted by Crippen LogP contribution is -2.31. The molecule has 0 bridgehead atoms. The van der Waals surface area contributed by atoms with Gasteiger partial charge in [0.2, 0.25) is 0 Å². The molecule has 0 aliphatic carbocycles. The predicted molar refractivity (Wildman–Crippen MR) is 117 cm³/mol. The molecule has 1 aliphatic rings. The summed E-state index contributed by atoms with van der Waals surface area (Å²) in [6, 6.07) is 14.4. The molecule has 152 valence electrons. The molecule has 0 aromatic heterocycles. The van der Waals surface area contributed by atoms with Crippen molar-refractivity contribution in [3.8, 4) is 5.75 Å². The zero-order valence-corrected chi connectivity index (χ0v) is 17.5. The van der Waals surface area contributed by atoms with Crippen molar-refractivity contribution in [3.05, 3.63) is 59.0 Å². The molecule has 2 aromatic carbocycles. The predicted octanol–water partition coefficient (Wildman–Crippen LogP) is 3.16. The average molecular weight is 413 g/mol. The van der Waals surface area contributed by atoms with E-state index in [1.54, 1.807) is 36.4 Å². The van der Waals surface area contributed by atoms with Crippen LogP contribution in [-0.4, -0.2) is 50.0 Å². The van der Waals surface area contributed by atoms with Crippen LogP contribution < -0.4 is 14.5 Å². The summed E-state index contributed by atoms with van der Waals surface area (Å²) in [7, 11) is 3.85. The second-order valence-electron chi connectivity index (χ2n) is 6.59. The molecule has 29 heavy (non-hydrogen) atoms. The van der Waals surface area contributed by atoms with Gasteiger partial charge in [-0.3, -0.25) is 9.59 Å². The Morgan fingerprint density at radius 3 is 2.21 bits per heavy atom. The maximum absolute atomic E-state index is 13.2. The van der Waals surface area contributed by atoms with Gasteiger partial charge in [-0.15, -0.1) is 11.8 Å². The molecule has 1 heterocycles. The third-order valence-corrected chi connectivity index (χ3v) is 5.51. The first-order valence-electron chi connectivity index (χ1n) is 9.35. The molecular weight excluding hydrogens is 388 g/mol.